The molecule has 1 aromatic heterocycles. The van der Waals surface area contributed by atoms with E-state index in [4.69, 9.17) is 17.3 Å². The molecule has 0 aliphatic rings. The van der Waals surface area contributed by atoms with E-state index in [0.717, 1.165) is 0 Å². The molecule has 1 heterocycles. The Bertz CT molecular complexity index is 601. The third kappa shape index (κ3) is 2.65. The summed E-state index contributed by atoms with van der Waals surface area (Å²) in [5, 5.41) is 0.220. The van der Waals surface area contributed by atoms with Crippen molar-refractivity contribution in [3.05, 3.63) is 58.6 Å². The van der Waals surface area contributed by atoms with E-state index in [1.807, 2.05) is 0 Å². The summed E-state index contributed by atoms with van der Waals surface area (Å²) in [6.45, 7) is 0. The van der Waals surface area contributed by atoms with Crippen LogP contribution in [0.5, 0.6) is 0 Å². The van der Waals surface area contributed by atoms with Crippen molar-refractivity contribution in [2.45, 2.75) is 6.42 Å². The molecule has 0 saturated heterocycles. The van der Waals surface area contributed by atoms with E-state index in [2.05, 4.69) is 4.98 Å². The molecule has 0 atom stereocenters. The molecule has 0 aliphatic carbocycles. The standard InChI is InChI=1S/C13H10ClFN2O/c14-10-7-9(15)4-3-8(10)6-12(18)13-11(16)2-1-5-17-13/h1-5,7H,6,16H2. The summed E-state index contributed by atoms with van der Waals surface area (Å²) in [6, 6.07) is 7.17. The summed E-state index contributed by atoms with van der Waals surface area (Å²) < 4.78 is 12.9. The second-order valence-corrected chi connectivity index (χ2v) is 4.18. The molecule has 0 saturated carbocycles. The molecule has 0 aliphatic heterocycles. The molecule has 92 valence electrons. The van der Waals surface area contributed by atoms with Gasteiger partial charge in [0.1, 0.15) is 11.5 Å². The third-order valence-electron chi connectivity index (χ3n) is 2.47. The van der Waals surface area contributed by atoms with Crippen LogP contribution in [-0.4, -0.2) is 10.8 Å². The number of Topliss-reactive ketones (excluding diaryl/α,β-unsaturated/α-hetero) is 1. The molecule has 0 fully saturated rings. The molecule has 2 N–H and O–H groups in total. The van der Waals surface area contributed by atoms with Crippen LogP contribution < -0.4 is 5.73 Å². The highest BCUT2D eigenvalue weighted by atomic mass is 35.5. The molecule has 1 aromatic carbocycles. The number of aromatic nitrogens is 1. The molecule has 2 aromatic rings. The number of carbonyl (C=O) groups excluding carboxylic acids is 1. The first-order chi connectivity index (χ1) is 8.58. The fraction of sp³-hybridized carbons (Fsp3) is 0.0769. The summed E-state index contributed by atoms with van der Waals surface area (Å²) in [7, 11) is 0. The van der Waals surface area contributed by atoms with E-state index in [1.165, 1.54) is 24.4 Å². The highest BCUT2D eigenvalue weighted by Crippen LogP contribution is 2.20. The minimum atomic E-state index is -0.437. The highest BCUT2D eigenvalue weighted by Gasteiger charge is 2.13. The minimum Gasteiger partial charge on any atom is -0.397 e. The zero-order valence-electron chi connectivity index (χ0n) is 9.36. The Morgan fingerprint density at radius 2 is 2.17 bits per heavy atom. The first-order valence-corrected chi connectivity index (χ1v) is 5.63. The van der Waals surface area contributed by atoms with E-state index in [9.17, 15) is 9.18 Å². The van der Waals surface area contributed by atoms with Crippen LogP contribution in [0, 0.1) is 5.82 Å². The fourth-order valence-electron chi connectivity index (χ4n) is 1.57. The van der Waals surface area contributed by atoms with Crippen LogP contribution in [0.3, 0.4) is 0 Å². The van der Waals surface area contributed by atoms with Crippen molar-refractivity contribution < 1.29 is 9.18 Å². The van der Waals surface area contributed by atoms with Gasteiger partial charge in [-0.2, -0.15) is 0 Å². The number of nitrogens with zero attached hydrogens (tertiary/aromatic N) is 1. The predicted octanol–water partition coefficient (Wildman–Crippen LogP) is 2.88. The molecule has 0 radical (unpaired) electrons. The van der Waals surface area contributed by atoms with Crippen molar-refractivity contribution in [3.63, 3.8) is 0 Å². The van der Waals surface area contributed by atoms with Gasteiger partial charge in [-0.3, -0.25) is 9.78 Å². The monoisotopic (exact) mass is 264 g/mol. The van der Waals surface area contributed by atoms with Gasteiger partial charge in [0.15, 0.2) is 5.78 Å². The molecule has 0 spiro atoms. The van der Waals surface area contributed by atoms with Crippen molar-refractivity contribution in [3.8, 4) is 0 Å². The number of rotatable bonds is 3. The summed E-state index contributed by atoms with van der Waals surface area (Å²) in [6.07, 6.45) is 1.54. The normalized spacial score (nSPS) is 10.3. The SMILES string of the molecule is Nc1cccnc1C(=O)Cc1ccc(F)cc1Cl. The van der Waals surface area contributed by atoms with Gasteiger partial charge in [-0.1, -0.05) is 17.7 Å². The molecule has 0 amide bonds. The van der Waals surface area contributed by atoms with Gasteiger partial charge < -0.3 is 5.73 Å². The summed E-state index contributed by atoms with van der Waals surface area (Å²) >= 11 is 5.86. The van der Waals surface area contributed by atoms with Gasteiger partial charge in [-0.05, 0) is 29.8 Å². The van der Waals surface area contributed by atoms with Gasteiger partial charge in [0.05, 0.1) is 5.69 Å². The molecule has 0 unspecified atom stereocenters. The lowest BCUT2D eigenvalue weighted by Crippen LogP contribution is -2.09. The molecule has 3 nitrogen and oxygen atoms in total. The molecule has 0 bridgehead atoms. The summed E-state index contributed by atoms with van der Waals surface area (Å²) in [5.41, 5.74) is 6.74. The first-order valence-electron chi connectivity index (χ1n) is 5.25. The molecular weight excluding hydrogens is 255 g/mol. The Kier molecular flexibility index (Phi) is 3.58. The van der Waals surface area contributed by atoms with Crippen molar-refractivity contribution in [2.75, 3.05) is 5.73 Å². The summed E-state index contributed by atoms with van der Waals surface area (Å²) in [5.74, 6) is -0.685. The zero-order valence-corrected chi connectivity index (χ0v) is 10.1. The van der Waals surface area contributed by atoms with E-state index in [0.29, 0.717) is 11.3 Å². The van der Waals surface area contributed by atoms with Gasteiger partial charge >= 0.3 is 0 Å². The van der Waals surface area contributed by atoms with Crippen LogP contribution in [0.25, 0.3) is 0 Å². The Labute approximate surface area is 108 Å². The Hall–Kier alpha value is -1.94. The van der Waals surface area contributed by atoms with Crippen molar-refractivity contribution in [1.82, 2.24) is 4.98 Å². The minimum absolute atomic E-state index is 0.0420. The topological polar surface area (TPSA) is 56.0 Å². The average molecular weight is 265 g/mol. The largest absolute Gasteiger partial charge is 0.397 e. The average Bonchev–Trinajstić information content (AvgIpc) is 2.33. The number of pyridine rings is 1. The van der Waals surface area contributed by atoms with E-state index >= 15 is 0 Å². The number of nitrogen functional groups attached to an aromatic ring is 1. The Morgan fingerprint density at radius 1 is 1.39 bits per heavy atom. The molecule has 2 rings (SSSR count). The molecular formula is C13H10ClFN2O. The molecule has 5 heteroatoms. The first kappa shape index (κ1) is 12.5. The van der Waals surface area contributed by atoms with E-state index < -0.39 is 5.82 Å². The number of carbonyl (C=O) groups is 1. The number of hydrogen-bond acceptors (Lipinski definition) is 3. The van der Waals surface area contributed by atoms with Crippen molar-refractivity contribution in [1.29, 1.82) is 0 Å². The highest BCUT2D eigenvalue weighted by molar-refractivity contribution is 6.31. The van der Waals surface area contributed by atoms with Gasteiger partial charge in [-0.25, -0.2) is 4.39 Å². The number of anilines is 1. The van der Waals surface area contributed by atoms with Crippen LogP contribution in [0.1, 0.15) is 16.1 Å². The summed E-state index contributed by atoms with van der Waals surface area (Å²) in [4.78, 5) is 15.9. The van der Waals surface area contributed by atoms with Crippen molar-refractivity contribution in [2.24, 2.45) is 0 Å². The van der Waals surface area contributed by atoms with Gasteiger partial charge in [0, 0.05) is 17.6 Å². The maximum atomic E-state index is 12.9. The van der Waals surface area contributed by atoms with Gasteiger partial charge in [0.2, 0.25) is 0 Å². The predicted molar refractivity (Wildman–Crippen MR) is 68.1 cm³/mol. The number of hydrogen-bond donors (Lipinski definition) is 1. The third-order valence-corrected chi connectivity index (χ3v) is 2.82. The second-order valence-electron chi connectivity index (χ2n) is 3.78. The number of halogens is 2. The van der Waals surface area contributed by atoms with Crippen LogP contribution in [0.15, 0.2) is 36.5 Å². The quantitative estimate of drug-likeness (QED) is 0.868. The van der Waals surface area contributed by atoms with E-state index in [1.54, 1.807) is 12.1 Å². The van der Waals surface area contributed by atoms with Gasteiger partial charge in [-0.15, -0.1) is 0 Å². The van der Waals surface area contributed by atoms with E-state index in [-0.39, 0.29) is 22.9 Å². The number of ketones is 1. The number of nitrogens with two attached hydrogens (primary N) is 1. The van der Waals surface area contributed by atoms with Gasteiger partial charge in [0.25, 0.3) is 0 Å². The maximum Gasteiger partial charge on any atom is 0.187 e. The van der Waals surface area contributed by atoms with Crippen LogP contribution in [0.2, 0.25) is 5.02 Å². The fourth-order valence-corrected chi connectivity index (χ4v) is 1.81. The van der Waals surface area contributed by atoms with Crippen molar-refractivity contribution >= 4 is 23.1 Å². The van der Waals surface area contributed by atoms with Crippen LogP contribution in [-0.2, 0) is 6.42 Å². The molecule has 18 heavy (non-hydrogen) atoms. The Morgan fingerprint density at radius 3 is 2.83 bits per heavy atom. The Balaban J connectivity index is 2.24. The number of benzene rings is 1. The smallest absolute Gasteiger partial charge is 0.187 e. The van der Waals surface area contributed by atoms with Crippen LogP contribution >= 0.6 is 11.6 Å². The lowest BCUT2D eigenvalue weighted by molar-refractivity contribution is 0.0989. The lowest BCUT2D eigenvalue weighted by atomic mass is 10.1. The van der Waals surface area contributed by atoms with Crippen LogP contribution in [0.4, 0.5) is 10.1 Å². The second kappa shape index (κ2) is 5.14. The lowest BCUT2D eigenvalue weighted by Gasteiger charge is -2.05. The zero-order chi connectivity index (χ0) is 13.1. The maximum absolute atomic E-state index is 12.9.